The third-order valence-electron chi connectivity index (χ3n) is 3.10. The van der Waals surface area contributed by atoms with E-state index in [0.717, 1.165) is 31.6 Å². The van der Waals surface area contributed by atoms with E-state index in [4.69, 9.17) is 5.73 Å². The van der Waals surface area contributed by atoms with E-state index in [1.807, 2.05) is 29.5 Å². The molecule has 1 aliphatic heterocycles. The van der Waals surface area contributed by atoms with Crippen LogP contribution in [0.15, 0.2) is 6.07 Å². The summed E-state index contributed by atoms with van der Waals surface area (Å²) >= 11 is 0. The summed E-state index contributed by atoms with van der Waals surface area (Å²) < 4.78 is 1.87. The van der Waals surface area contributed by atoms with Gasteiger partial charge in [0.2, 0.25) is 0 Å². The SMILES string of the molecule is Cc1cc(N)c(C(=O)N2CCCC2)n1C. The van der Waals surface area contributed by atoms with Crippen LogP contribution < -0.4 is 5.73 Å². The van der Waals surface area contributed by atoms with Crippen LogP contribution in [0.25, 0.3) is 0 Å². The Hall–Kier alpha value is -1.45. The van der Waals surface area contributed by atoms with E-state index < -0.39 is 0 Å². The molecule has 2 rings (SSSR count). The average molecular weight is 207 g/mol. The van der Waals surface area contributed by atoms with Gasteiger partial charge in [-0.15, -0.1) is 0 Å². The molecule has 2 N–H and O–H groups in total. The zero-order valence-corrected chi connectivity index (χ0v) is 9.29. The second-order valence-electron chi connectivity index (χ2n) is 4.15. The quantitative estimate of drug-likeness (QED) is 0.751. The fraction of sp³-hybridized carbons (Fsp3) is 0.545. The van der Waals surface area contributed by atoms with Gasteiger partial charge in [-0.05, 0) is 25.8 Å². The molecule has 0 radical (unpaired) electrons. The zero-order valence-electron chi connectivity index (χ0n) is 9.29. The molecule has 0 spiro atoms. The van der Waals surface area contributed by atoms with Gasteiger partial charge >= 0.3 is 0 Å². The zero-order chi connectivity index (χ0) is 11.0. The molecule has 2 heterocycles. The highest BCUT2D eigenvalue weighted by Gasteiger charge is 2.24. The molecule has 0 unspecified atom stereocenters. The van der Waals surface area contributed by atoms with Crippen LogP contribution >= 0.6 is 0 Å². The van der Waals surface area contributed by atoms with Gasteiger partial charge < -0.3 is 15.2 Å². The van der Waals surface area contributed by atoms with Gasteiger partial charge in [-0.25, -0.2) is 0 Å². The van der Waals surface area contributed by atoms with E-state index in [1.54, 1.807) is 0 Å². The van der Waals surface area contributed by atoms with Crippen molar-refractivity contribution in [1.29, 1.82) is 0 Å². The minimum atomic E-state index is 0.0700. The Balaban J connectivity index is 2.32. The fourth-order valence-corrected chi connectivity index (χ4v) is 2.10. The van der Waals surface area contributed by atoms with Crippen LogP contribution in [-0.4, -0.2) is 28.5 Å². The molecule has 1 aromatic heterocycles. The van der Waals surface area contributed by atoms with E-state index in [2.05, 4.69) is 0 Å². The highest BCUT2D eigenvalue weighted by atomic mass is 16.2. The van der Waals surface area contributed by atoms with Crippen LogP contribution in [0.2, 0.25) is 0 Å². The molecule has 82 valence electrons. The number of hydrogen-bond acceptors (Lipinski definition) is 2. The summed E-state index contributed by atoms with van der Waals surface area (Å²) in [5.74, 6) is 0.0700. The molecule has 0 atom stereocenters. The minimum Gasteiger partial charge on any atom is -0.397 e. The van der Waals surface area contributed by atoms with E-state index in [0.29, 0.717) is 11.4 Å². The number of nitrogens with zero attached hydrogens (tertiary/aromatic N) is 2. The summed E-state index contributed by atoms with van der Waals surface area (Å²) in [6, 6.07) is 1.85. The number of hydrogen-bond donors (Lipinski definition) is 1. The molecule has 1 saturated heterocycles. The molecule has 15 heavy (non-hydrogen) atoms. The number of amides is 1. The molecule has 4 heteroatoms. The van der Waals surface area contributed by atoms with Crippen molar-refractivity contribution >= 4 is 11.6 Å². The van der Waals surface area contributed by atoms with E-state index in [1.165, 1.54) is 0 Å². The van der Waals surface area contributed by atoms with Crippen molar-refractivity contribution in [3.8, 4) is 0 Å². The lowest BCUT2D eigenvalue weighted by molar-refractivity contribution is 0.0784. The lowest BCUT2D eigenvalue weighted by atomic mass is 10.3. The highest BCUT2D eigenvalue weighted by molar-refractivity contribution is 5.98. The Bertz CT molecular complexity index is 389. The van der Waals surface area contributed by atoms with Gasteiger partial charge in [0.1, 0.15) is 5.69 Å². The molecular formula is C11H17N3O. The second-order valence-corrected chi connectivity index (χ2v) is 4.15. The number of nitrogen functional groups attached to an aromatic ring is 1. The lowest BCUT2D eigenvalue weighted by Crippen LogP contribution is -2.30. The summed E-state index contributed by atoms with van der Waals surface area (Å²) in [4.78, 5) is 14.0. The molecule has 0 aromatic carbocycles. The van der Waals surface area contributed by atoms with Crippen molar-refractivity contribution in [2.45, 2.75) is 19.8 Å². The first-order valence-corrected chi connectivity index (χ1v) is 5.32. The van der Waals surface area contributed by atoms with E-state index in [9.17, 15) is 4.79 Å². The van der Waals surface area contributed by atoms with Gasteiger partial charge in [0.05, 0.1) is 5.69 Å². The van der Waals surface area contributed by atoms with Crippen LogP contribution in [0.5, 0.6) is 0 Å². The second kappa shape index (κ2) is 3.61. The number of aromatic nitrogens is 1. The molecule has 0 saturated carbocycles. The molecule has 1 aromatic rings. The summed E-state index contributed by atoms with van der Waals surface area (Å²) in [7, 11) is 1.88. The molecule has 1 aliphatic rings. The van der Waals surface area contributed by atoms with Crippen LogP contribution in [0.3, 0.4) is 0 Å². The third kappa shape index (κ3) is 1.60. The van der Waals surface area contributed by atoms with Crippen molar-refractivity contribution in [3.63, 3.8) is 0 Å². The third-order valence-corrected chi connectivity index (χ3v) is 3.10. The van der Waals surface area contributed by atoms with Crippen molar-refractivity contribution in [1.82, 2.24) is 9.47 Å². The summed E-state index contributed by atoms with van der Waals surface area (Å²) in [6.07, 6.45) is 2.21. The number of anilines is 1. The Morgan fingerprint density at radius 2 is 2.00 bits per heavy atom. The van der Waals surface area contributed by atoms with Gasteiger partial charge in [0.15, 0.2) is 0 Å². The maximum Gasteiger partial charge on any atom is 0.272 e. The van der Waals surface area contributed by atoms with E-state index in [-0.39, 0.29) is 5.91 Å². The number of carbonyl (C=O) groups excluding carboxylic acids is 1. The molecule has 1 fully saturated rings. The predicted molar refractivity (Wildman–Crippen MR) is 59.7 cm³/mol. The van der Waals surface area contributed by atoms with Crippen molar-refractivity contribution in [3.05, 3.63) is 17.5 Å². The van der Waals surface area contributed by atoms with E-state index >= 15 is 0 Å². The van der Waals surface area contributed by atoms with Gasteiger partial charge in [0.25, 0.3) is 5.91 Å². The standard InChI is InChI=1S/C11H17N3O/c1-8-7-9(12)10(13(8)2)11(15)14-5-3-4-6-14/h7H,3-6,12H2,1-2H3. The number of likely N-dealkylation sites (tertiary alicyclic amines) is 1. The lowest BCUT2D eigenvalue weighted by Gasteiger charge is -2.16. The maximum atomic E-state index is 12.1. The first kappa shape index (κ1) is 10.1. The first-order valence-electron chi connectivity index (χ1n) is 5.32. The van der Waals surface area contributed by atoms with Gasteiger partial charge in [-0.1, -0.05) is 0 Å². The Kier molecular flexibility index (Phi) is 2.42. The molecule has 1 amide bonds. The van der Waals surface area contributed by atoms with Crippen molar-refractivity contribution < 1.29 is 4.79 Å². The normalized spacial score (nSPS) is 16.0. The van der Waals surface area contributed by atoms with Gasteiger partial charge in [-0.2, -0.15) is 0 Å². The predicted octanol–water partition coefficient (Wildman–Crippen LogP) is 1.15. The summed E-state index contributed by atoms with van der Waals surface area (Å²) in [5, 5.41) is 0. The average Bonchev–Trinajstić information content (AvgIpc) is 2.76. The monoisotopic (exact) mass is 207 g/mol. The van der Waals surface area contributed by atoms with Crippen molar-refractivity contribution in [2.24, 2.45) is 7.05 Å². The summed E-state index contributed by atoms with van der Waals surface area (Å²) in [6.45, 7) is 3.68. The largest absolute Gasteiger partial charge is 0.397 e. The number of rotatable bonds is 1. The molecule has 4 nitrogen and oxygen atoms in total. The Morgan fingerprint density at radius 1 is 1.40 bits per heavy atom. The van der Waals surface area contributed by atoms with Crippen LogP contribution in [0.1, 0.15) is 29.0 Å². The molecular weight excluding hydrogens is 190 g/mol. The number of carbonyl (C=O) groups is 1. The first-order chi connectivity index (χ1) is 7.11. The molecule has 0 aliphatic carbocycles. The topological polar surface area (TPSA) is 51.3 Å². The van der Waals surface area contributed by atoms with Gasteiger partial charge in [-0.3, -0.25) is 4.79 Å². The Labute approximate surface area is 89.7 Å². The van der Waals surface area contributed by atoms with Crippen molar-refractivity contribution in [2.75, 3.05) is 18.8 Å². The fourth-order valence-electron chi connectivity index (χ4n) is 2.10. The summed E-state index contributed by atoms with van der Waals surface area (Å²) in [5.41, 5.74) is 8.09. The minimum absolute atomic E-state index is 0.0700. The Morgan fingerprint density at radius 3 is 2.47 bits per heavy atom. The highest BCUT2D eigenvalue weighted by Crippen LogP contribution is 2.20. The van der Waals surface area contributed by atoms with Crippen LogP contribution in [-0.2, 0) is 7.05 Å². The van der Waals surface area contributed by atoms with Crippen LogP contribution in [0, 0.1) is 6.92 Å². The smallest absolute Gasteiger partial charge is 0.272 e. The number of aryl methyl sites for hydroxylation is 1. The van der Waals surface area contributed by atoms with Gasteiger partial charge in [0, 0.05) is 25.8 Å². The number of nitrogens with two attached hydrogens (primary N) is 1. The maximum absolute atomic E-state index is 12.1. The molecule has 0 bridgehead atoms. The van der Waals surface area contributed by atoms with Crippen LogP contribution in [0.4, 0.5) is 5.69 Å².